The van der Waals surface area contributed by atoms with Gasteiger partial charge < -0.3 is 10.9 Å². The molecule has 94 valence electrons. The summed E-state index contributed by atoms with van der Waals surface area (Å²) in [5.41, 5.74) is 5.69. The van der Waals surface area contributed by atoms with Crippen molar-refractivity contribution in [2.75, 3.05) is 13.6 Å². The Morgan fingerprint density at radius 1 is 1.44 bits per heavy atom. The molecule has 0 aromatic carbocycles. The molecule has 0 aromatic rings. The summed E-state index contributed by atoms with van der Waals surface area (Å²) < 4.78 is 0. The molecule has 0 spiro atoms. The monoisotopic (exact) mass is 227 g/mol. The zero-order valence-electron chi connectivity index (χ0n) is 10.5. The Labute approximate surface area is 98.5 Å². The van der Waals surface area contributed by atoms with Crippen molar-refractivity contribution < 1.29 is 5.21 Å². The molecule has 1 unspecified atom stereocenters. The van der Waals surface area contributed by atoms with E-state index < -0.39 is 0 Å². The fourth-order valence-electron chi connectivity index (χ4n) is 2.72. The molecular weight excluding hydrogens is 202 g/mol. The van der Waals surface area contributed by atoms with E-state index in [1.165, 1.54) is 32.1 Å². The van der Waals surface area contributed by atoms with Gasteiger partial charge in [-0.1, -0.05) is 31.3 Å². The summed E-state index contributed by atoms with van der Waals surface area (Å²) in [6, 6.07) is 0.0759. The van der Waals surface area contributed by atoms with E-state index in [-0.39, 0.29) is 6.04 Å². The molecule has 0 aromatic heterocycles. The average molecular weight is 227 g/mol. The van der Waals surface area contributed by atoms with Gasteiger partial charge in [-0.25, -0.2) is 0 Å². The van der Waals surface area contributed by atoms with E-state index in [0.29, 0.717) is 5.84 Å². The quantitative estimate of drug-likeness (QED) is 0.327. The zero-order valence-corrected chi connectivity index (χ0v) is 10.5. The highest BCUT2D eigenvalue weighted by atomic mass is 16.4. The predicted octanol–water partition coefficient (Wildman–Crippen LogP) is 2.02. The predicted molar refractivity (Wildman–Crippen MR) is 66.7 cm³/mol. The van der Waals surface area contributed by atoms with E-state index in [1.54, 1.807) is 0 Å². The van der Waals surface area contributed by atoms with Crippen molar-refractivity contribution in [1.29, 1.82) is 0 Å². The van der Waals surface area contributed by atoms with Crippen molar-refractivity contribution in [3.05, 3.63) is 0 Å². The lowest BCUT2D eigenvalue weighted by molar-refractivity contribution is 0.205. The number of rotatable bonds is 5. The highest BCUT2D eigenvalue weighted by Crippen LogP contribution is 2.24. The molecule has 0 bridgehead atoms. The van der Waals surface area contributed by atoms with Crippen molar-refractivity contribution in [2.24, 2.45) is 16.8 Å². The van der Waals surface area contributed by atoms with Crippen LogP contribution >= 0.6 is 0 Å². The Hall–Kier alpha value is -0.770. The van der Waals surface area contributed by atoms with E-state index in [2.05, 4.69) is 24.0 Å². The van der Waals surface area contributed by atoms with Crippen LogP contribution in [0, 0.1) is 5.92 Å². The van der Waals surface area contributed by atoms with Crippen molar-refractivity contribution in [1.82, 2.24) is 4.90 Å². The molecule has 16 heavy (non-hydrogen) atoms. The lowest BCUT2D eigenvalue weighted by atomic mass is 9.88. The first kappa shape index (κ1) is 13.3. The second-order valence-corrected chi connectivity index (χ2v) is 4.89. The number of hydrogen-bond donors (Lipinski definition) is 2. The van der Waals surface area contributed by atoms with Crippen LogP contribution in [0.5, 0.6) is 0 Å². The molecule has 1 aliphatic rings. The summed E-state index contributed by atoms with van der Waals surface area (Å²) in [4.78, 5) is 2.23. The van der Waals surface area contributed by atoms with E-state index in [0.717, 1.165) is 18.9 Å². The minimum absolute atomic E-state index is 0.0759. The van der Waals surface area contributed by atoms with Crippen LogP contribution in [-0.4, -0.2) is 35.6 Å². The first-order chi connectivity index (χ1) is 7.69. The lowest BCUT2D eigenvalue weighted by Gasteiger charge is -2.31. The molecule has 1 saturated carbocycles. The van der Waals surface area contributed by atoms with Gasteiger partial charge in [0.05, 0.1) is 6.04 Å². The molecule has 1 fully saturated rings. The summed E-state index contributed by atoms with van der Waals surface area (Å²) >= 11 is 0. The number of hydrogen-bond acceptors (Lipinski definition) is 3. The summed E-state index contributed by atoms with van der Waals surface area (Å²) in [6.07, 6.45) is 7.66. The summed E-state index contributed by atoms with van der Waals surface area (Å²) in [7, 11) is 2.07. The van der Waals surface area contributed by atoms with Crippen LogP contribution < -0.4 is 5.73 Å². The normalized spacial score (nSPS) is 21.3. The van der Waals surface area contributed by atoms with E-state index in [4.69, 9.17) is 10.9 Å². The lowest BCUT2D eigenvalue weighted by Crippen LogP contribution is -2.44. The number of likely N-dealkylation sites (N-methyl/N-ethyl adjacent to an activating group) is 1. The van der Waals surface area contributed by atoms with Gasteiger partial charge in [0.1, 0.15) is 0 Å². The van der Waals surface area contributed by atoms with Crippen LogP contribution in [-0.2, 0) is 0 Å². The molecule has 1 rings (SSSR count). The third-order valence-corrected chi connectivity index (χ3v) is 3.65. The van der Waals surface area contributed by atoms with Crippen LogP contribution in [0.4, 0.5) is 0 Å². The molecule has 4 heteroatoms. The Kier molecular flexibility index (Phi) is 5.60. The minimum atomic E-state index is 0.0759. The SMILES string of the molecule is CCC(C(N)=NO)N(C)CC1CCCCC1. The maximum absolute atomic E-state index is 8.73. The molecule has 0 radical (unpaired) electrons. The van der Waals surface area contributed by atoms with Crippen molar-refractivity contribution >= 4 is 5.84 Å². The Morgan fingerprint density at radius 2 is 2.06 bits per heavy atom. The third kappa shape index (κ3) is 3.67. The molecule has 0 heterocycles. The molecule has 0 amide bonds. The fraction of sp³-hybridized carbons (Fsp3) is 0.917. The molecule has 3 N–H and O–H groups in total. The van der Waals surface area contributed by atoms with Crippen LogP contribution in [0.25, 0.3) is 0 Å². The maximum atomic E-state index is 8.73. The number of amidine groups is 1. The van der Waals surface area contributed by atoms with Crippen LogP contribution in [0.2, 0.25) is 0 Å². The van der Waals surface area contributed by atoms with Crippen LogP contribution in [0.3, 0.4) is 0 Å². The van der Waals surface area contributed by atoms with Gasteiger partial charge in [-0.3, -0.25) is 4.90 Å². The number of nitrogens with two attached hydrogens (primary N) is 1. The molecule has 1 atom stereocenters. The zero-order chi connectivity index (χ0) is 12.0. The summed E-state index contributed by atoms with van der Waals surface area (Å²) in [5.74, 6) is 1.13. The average Bonchev–Trinajstić information content (AvgIpc) is 2.31. The topological polar surface area (TPSA) is 61.9 Å². The fourth-order valence-corrected chi connectivity index (χ4v) is 2.72. The first-order valence-electron chi connectivity index (χ1n) is 6.36. The molecule has 1 aliphatic carbocycles. The van der Waals surface area contributed by atoms with Gasteiger partial charge in [0, 0.05) is 6.54 Å². The Bertz CT molecular complexity index is 224. The van der Waals surface area contributed by atoms with Gasteiger partial charge in [0.2, 0.25) is 0 Å². The van der Waals surface area contributed by atoms with Gasteiger partial charge in [-0.15, -0.1) is 0 Å². The van der Waals surface area contributed by atoms with Crippen molar-refractivity contribution in [2.45, 2.75) is 51.5 Å². The molecular formula is C12H25N3O. The van der Waals surface area contributed by atoms with Gasteiger partial charge >= 0.3 is 0 Å². The highest BCUT2D eigenvalue weighted by molar-refractivity contribution is 5.85. The van der Waals surface area contributed by atoms with Crippen molar-refractivity contribution in [3.63, 3.8) is 0 Å². The van der Waals surface area contributed by atoms with E-state index in [1.807, 2.05) is 0 Å². The van der Waals surface area contributed by atoms with Gasteiger partial charge in [-0.2, -0.15) is 0 Å². The van der Waals surface area contributed by atoms with Crippen LogP contribution in [0.15, 0.2) is 5.16 Å². The molecule has 0 saturated heterocycles. The highest BCUT2D eigenvalue weighted by Gasteiger charge is 2.21. The number of oxime groups is 1. The second kappa shape index (κ2) is 6.74. The standard InChI is InChI=1S/C12H25N3O/c1-3-11(12(13)14-16)15(2)9-10-7-5-4-6-8-10/h10-11,16H,3-9H2,1-2H3,(H2,13,14). The van der Waals surface area contributed by atoms with E-state index in [9.17, 15) is 0 Å². The minimum Gasteiger partial charge on any atom is -0.409 e. The Morgan fingerprint density at radius 3 is 2.56 bits per heavy atom. The maximum Gasteiger partial charge on any atom is 0.156 e. The van der Waals surface area contributed by atoms with E-state index >= 15 is 0 Å². The molecule has 0 aliphatic heterocycles. The second-order valence-electron chi connectivity index (χ2n) is 4.89. The van der Waals surface area contributed by atoms with Crippen LogP contribution in [0.1, 0.15) is 45.4 Å². The van der Waals surface area contributed by atoms with Crippen molar-refractivity contribution in [3.8, 4) is 0 Å². The summed E-state index contributed by atoms with van der Waals surface area (Å²) in [5, 5.41) is 11.9. The Balaban J connectivity index is 2.44. The van der Waals surface area contributed by atoms with Gasteiger partial charge in [-0.05, 0) is 32.2 Å². The third-order valence-electron chi connectivity index (χ3n) is 3.65. The van der Waals surface area contributed by atoms with Gasteiger partial charge in [0.25, 0.3) is 0 Å². The molecule has 4 nitrogen and oxygen atoms in total. The number of nitrogens with zero attached hydrogens (tertiary/aromatic N) is 2. The van der Waals surface area contributed by atoms with Gasteiger partial charge in [0.15, 0.2) is 5.84 Å². The first-order valence-corrected chi connectivity index (χ1v) is 6.36. The summed E-state index contributed by atoms with van der Waals surface area (Å²) in [6.45, 7) is 3.13. The smallest absolute Gasteiger partial charge is 0.156 e. The largest absolute Gasteiger partial charge is 0.409 e.